The number of unbranched alkanes of at least 4 members (excludes halogenated alkanes) is 4. The van der Waals surface area contributed by atoms with Gasteiger partial charge in [-0.2, -0.15) is 23.5 Å². The summed E-state index contributed by atoms with van der Waals surface area (Å²) < 4.78 is 21.0. The van der Waals surface area contributed by atoms with Crippen LogP contribution in [0.1, 0.15) is 164 Å². The lowest BCUT2D eigenvalue weighted by Crippen LogP contribution is -2.36. The molecule has 0 spiro atoms. The lowest BCUT2D eigenvalue weighted by molar-refractivity contribution is -0.386. The Hall–Kier alpha value is -9.43. The first-order valence-electron chi connectivity index (χ1n) is 33.8. The van der Waals surface area contributed by atoms with Gasteiger partial charge in [0.05, 0.1) is 71.6 Å². The highest BCUT2D eigenvalue weighted by Gasteiger charge is 2.44. The van der Waals surface area contributed by atoms with Crippen LogP contribution in [0.4, 0.5) is 30.6 Å². The summed E-state index contributed by atoms with van der Waals surface area (Å²) in [6.45, 7) is 5.10. The fourth-order valence-electron chi connectivity index (χ4n) is 11.6. The van der Waals surface area contributed by atoms with E-state index in [0.29, 0.717) is 83.9 Å². The number of hydroxylamine groups is 4. The summed E-state index contributed by atoms with van der Waals surface area (Å²) in [6, 6.07) is 8.68. The van der Waals surface area contributed by atoms with Crippen LogP contribution in [0.25, 0.3) is 0 Å². The molecule has 6 fully saturated rings. The SMILES string of the molecule is CC(OC(=O)ON1C(=O)CCC1=O)c1cc(CNC(=O)CCC(=O)NCCOCCOCCNC(=O)CCCCC2SCC3NC(=O)NC32)ccc1[N+](=O)[O-].CC(OC(=O)ON1C(=O)CCC1=O)c1cc(CNC(=O)CCCCCNC(=O)CCCCC2SCC3NC(=O)NC32)ccc1[N+](=O)[O-]. The Morgan fingerprint density at radius 2 is 0.863 bits per heavy atom. The Bertz CT molecular complexity index is 3360. The number of rotatable bonds is 40. The Balaban J connectivity index is 0.000000289. The summed E-state index contributed by atoms with van der Waals surface area (Å²) in [4.78, 5) is 186. The number of nitro groups is 2. The predicted octanol–water partition coefficient (Wildman–Crippen LogP) is 4.15. The minimum atomic E-state index is -1.39. The van der Waals surface area contributed by atoms with Crippen molar-refractivity contribution < 1.29 is 101 Å². The zero-order chi connectivity index (χ0) is 73.7. The predicted molar refractivity (Wildman–Crippen MR) is 360 cm³/mol. The molecule has 0 radical (unpaired) electrons. The van der Waals surface area contributed by atoms with Crippen LogP contribution in [-0.2, 0) is 84.9 Å². The van der Waals surface area contributed by atoms with Crippen molar-refractivity contribution in [3.63, 3.8) is 0 Å². The zero-order valence-corrected chi connectivity index (χ0v) is 58.2. The van der Waals surface area contributed by atoms with Gasteiger partial charge in [-0.15, -0.1) is 0 Å². The Morgan fingerprint density at radius 1 is 0.490 bits per heavy atom. The number of hydrogen-bond acceptors (Lipinski definition) is 25. The van der Waals surface area contributed by atoms with Crippen molar-refractivity contribution in [1.29, 1.82) is 0 Å². The maximum atomic E-state index is 12.4. The van der Waals surface area contributed by atoms with Gasteiger partial charge in [0, 0.05) is 125 Å². The highest BCUT2D eigenvalue weighted by molar-refractivity contribution is 8.00. The standard InChI is InChI=1S/C34H47N7O13S.C30H40N6O10S/c1-21(53-34(48)54-40-30(45)10-11-31(40)46)23-18-22(6-7-25(23)41(49)50)19-37-29(44)9-8-28(43)36-13-15-52-17-16-51-14-12-35-27(42)5-3-2-4-26-32-24(20-55-26)38-33(47)39-32;1-18(45-30(42)46-35-26(39)12-13-27(35)40)20-15-19(10-11-22(20)36(43)44)16-32-25(38)8-3-2-6-14-31-24(37)9-5-4-7-23-28-21(17-47-23)33-29(41)34-28/h6-7,18,21,24,26,32H,2-5,8-17,19-20H2,1H3,(H,35,42)(H,36,43)(H,37,44)(H2,38,39,47);10-11,15,18,21,23,28H,2-9,12-14,16-17H2,1H3,(H,31,37)(H,32,38)(H2,33,34,41). The molecule has 13 amide bonds. The van der Waals surface area contributed by atoms with Crippen LogP contribution in [0.5, 0.6) is 0 Å². The van der Waals surface area contributed by atoms with Crippen molar-refractivity contribution in [3.8, 4) is 0 Å². The van der Waals surface area contributed by atoms with Crippen LogP contribution < -0.4 is 47.9 Å². The summed E-state index contributed by atoms with van der Waals surface area (Å²) in [5.41, 5.74) is 0.317. The molecule has 0 aromatic heterocycles. The van der Waals surface area contributed by atoms with E-state index < -0.39 is 63.9 Å². The molecule has 9 N–H and O–H groups in total. The number of carbonyl (C=O) groups excluding carboxylic acids is 13. The molecule has 6 aliphatic heterocycles. The number of urea groups is 2. The van der Waals surface area contributed by atoms with E-state index in [1.165, 1.54) is 50.2 Å². The summed E-state index contributed by atoms with van der Waals surface area (Å²) in [5.74, 6) is -1.99. The Labute approximate surface area is 594 Å². The molecule has 0 bridgehead atoms. The van der Waals surface area contributed by atoms with Crippen LogP contribution >= 0.6 is 23.5 Å². The monoisotopic (exact) mass is 1470 g/mol. The summed E-state index contributed by atoms with van der Waals surface area (Å²) in [6.07, 6.45) is 2.86. The number of hydrogen-bond donors (Lipinski definition) is 9. The second-order valence-electron chi connectivity index (χ2n) is 24.5. The van der Waals surface area contributed by atoms with Crippen molar-refractivity contribution in [2.24, 2.45) is 0 Å². The maximum absolute atomic E-state index is 12.4. The van der Waals surface area contributed by atoms with Crippen LogP contribution in [0.15, 0.2) is 36.4 Å². The summed E-state index contributed by atoms with van der Waals surface area (Å²) >= 11 is 3.73. The summed E-state index contributed by atoms with van der Waals surface area (Å²) in [7, 11) is 0. The summed E-state index contributed by atoms with van der Waals surface area (Å²) in [5, 5.41) is 50.1. The molecule has 6 saturated heterocycles. The minimum Gasteiger partial charge on any atom is -0.425 e. The van der Waals surface area contributed by atoms with Crippen molar-refractivity contribution in [1.82, 2.24) is 58.0 Å². The second kappa shape index (κ2) is 40.9. The van der Waals surface area contributed by atoms with E-state index >= 15 is 0 Å². The third-order valence-corrected chi connectivity index (χ3v) is 20.0. The van der Waals surface area contributed by atoms with Gasteiger partial charge in [0.25, 0.3) is 35.0 Å². The van der Waals surface area contributed by atoms with Crippen molar-refractivity contribution >= 4 is 112 Å². The Kier molecular flexibility index (Phi) is 32.0. The highest BCUT2D eigenvalue weighted by Crippen LogP contribution is 2.36. The first-order valence-corrected chi connectivity index (χ1v) is 35.9. The number of thioether (sulfide) groups is 2. The molecule has 2 aromatic rings. The van der Waals surface area contributed by atoms with E-state index in [-0.39, 0.29) is 154 Å². The number of imide groups is 2. The van der Waals surface area contributed by atoms with Gasteiger partial charge in [0.2, 0.25) is 29.5 Å². The van der Waals surface area contributed by atoms with Crippen LogP contribution in [0, 0.1) is 20.2 Å². The van der Waals surface area contributed by atoms with Gasteiger partial charge >= 0.3 is 24.4 Å². The molecule has 2 aromatic carbocycles. The van der Waals surface area contributed by atoms with Gasteiger partial charge in [-0.1, -0.05) is 41.5 Å². The molecule has 8 rings (SSSR count). The van der Waals surface area contributed by atoms with Gasteiger partial charge in [-0.25, -0.2) is 19.2 Å². The quantitative estimate of drug-likeness (QED) is 0.0113. The maximum Gasteiger partial charge on any atom is 0.534 e. The molecule has 0 saturated carbocycles. The van der Waals surface area contributed by atoms with Crippen LogP contribution in [0.3, 0.4) is 0 Å². The third-order valence-electron chi connectivity index (χ3n) is 17.0. The molecular weight excluding hydrogens is 1380 g/mol. The second-order valence-corrected chi connectivity index (χ2v) is 27.1. The molecule has 6 aliphatic rings. The number of nitrogens with zero attached hydrogens (tertiary/aromatic N) is 4. The minimum absolute atomic E-state index is 0.00593. The smallest absolute Gasteiger partial charge is 0.425 e. The van der Waals surface area contributed by atoms with Crippen molar-refractivity contribution in [3.05, 3.63) is 78.9 Å². The van der Waals surface area contributed by atoms with Crippen LogP contribution in [0.2, 0.25) is 0 Å². The fraction of sp³-hybridized carbons (Fsp3) is 0.609. The van der Waals surface area contributed by atoms with E-state index in [9.17, 15) is 82.6 Å². The average Bonchev–Trinajstić information content (AvgIpc) is 1.73. The van der Waals surface area contributed by atoms with Crippen LogP contribution in [-0.4, -0.2) is 190 Å². The lowest BCUT2D eigenvalue weighted by Gasteiger charge is -2.17. The number of amides is 13. The largest absolute Gasteiger partial charge is 0.534 e. The number of fused-ring (bicyclic) bond motifs is 2. The molecule has 558 valence electrons. The van der Waals surface area contributed by atoms with Crippen molar-refractivity contribution in [2.75, 3.05) is 57.6 Å². The van der Waals surface area contributed by atoms with E-state index in [2.05, 4.69) is 57.5 Å². The highest BCUT2D eigenvalue weighted by atomic mass is 32.2. The van der Waals surface area contributed by atoms with E-state index in [0.717, 1.165) is 62.9 Å². The van der Waals surface area contributed by atoms with Gasteiger partial charge in [0.1, 0.15) is 12.2 Å². The first-order chi connectivity index (χ1) is 48.9. The van der Waals surface area contributed by atoms with Gasteiger partial charge < -0.3 is 66.8 Å². The van der Waals surface area contributed by atoms with E-state index in [1.807, 2.05) is 23.5 Å². The van der Waals surface area contributed by atoms with Gasteiger partial charge in [-0.05, 0) is 75.6 Å². The molecule has 102 heavy (non-hydrogen) atoms. The van der Waals surface area contributed by atoms with E-state index in [4.69, 9.17) is 18.9 Å². The van der Waals surface area contributed by atoms with E-state index in [1.54, 1.807) is 0 Å². The van der Waals surface area contributed by atoms with Crippen molar-refractivity contribution in [2.45, 2.75) is 189 Å². The molecule has 8 unspecified atom stereocenters. The molecular formula is C64H87N13O23S2. The normalized spacial score (nSPS) is 19.9. The molecule has 0 aliphatic carbocycles. The number of nitro benzene ring substituents is 2. The number of nitrogens with one attached hydrogen (secondary N) is 9. The van der Waals surface area contributed by atoms with Gasteiger partial charge in [-0.3, -0.25) is 73.1 Å². The molecule has 38 heteroatoms. The molecule has 6 heterocycles. The fourth-order valence-corrected chi connectivity index (χ4v) is 14.7. The molecule has 8 atom stereocenters. The van der Waals surface area contributed by atoms with Gasteiger partial charge in [0.15, 0.2) is 0 Å². The Morgan fingerprint density at radius 3 is 1.27 bits per heavy atom. The molecule has 36 nitrogen and oxygen atoms in total. The zero-order valence-electron chi connectivity index (χ0n) is 56.6. The average molecular weight is 1470 g/mol. The lowest BCUT2D eigenvalue weighted by atomic mass is 10.0. The first kappa shape index (κ1) is 79.9. The number of ether oxygens (including phenoxy) is 4. The topological polar surface area (TPSA) is 478 Å². The number of carbonyl (C=O) groups is 13. The number of benzene rings is 2. The third kappa shape index (κ3) is 25.9.